The molecule has 4 nitrogen and oxygen atoms in total. The van der Waals surface area contributed by atoms with Gasteiger partial charge in [0.05, 0.1) is 0 Å². The fraction of sp³-hybridized carbons (Fsp3) is 0.364. The van der Waals surface area contributed by atoms with E-state index >= 15 is 0 Å². The second-order valence-electron chi connectivity index (χ2n) is 3.78. The minimum Gasteiger partial charge on any atom is -0.480 e. The molecule has 0 bridgehead atoms. The third-order valence-corrected chi connectivity index (χ3v) is 3.68. The highest BCUT2D eigenvalue weighted by atomic mass is 79.9. The van der Waals surface area contributed by atoms with Crippen LogP contribution in [0.3, 0.4) is 0 Å². The summed E-state index contributed by atoms with van der Waals surface area (Å²) >= 11 is 3.40. The summed E-state index contributed by atoms with van der Waals surface area (Å²) in [5.74, 6) is -1.22. The van der Waals surface area contributed by atoms with E-state index in [9.17, 15) is 9.90 Å². The number of nitrogens with two attached hydrogens (primary N) is 1. The molecule has 0 saturated heterocycles. The van der Waals surface area contributed by atoms with E-state index in [2.05, 4.69) is 15.9 Å². The molecule has 88 valence electrons. The standard InChI is InChI=1S/C11H14BrNO3/c1-5-3-7(4-6(2)8(5)12)10(14)9(13)11(15)16/h3-4,9-10,14H,13H2,1-2H3,(H,15,16). The van der Waals surface area contributed by atoms with Crippen molar-refractivity contribution in [3.63, 3.8) is 0 Å². The van der Waals surface area contributed by atoms with Gasteiger partial charge in [-0.25, -0.2) is 0 Å². The summed E-state index contributed by atoms with van der Waals surface area (Å²) in [5, 5.41) is 18.5. The first-order chi connectivity index (χ1) is 7.34. The van der Waals surface area contributed by atoms with E-state index in [1.54, 1.807) is 12.1 Å². The maximum Gasteiger partial charge on any atom is 0.323 e. The Morgan fingerprint density at radius 1 is 1.38 bits per heavy atom. The predicted octanol–water partition coefficient (Wildman–Crippen LogP) is 1.51. The normalized spacial score (nSPS) is 14.6. The maximum atomic E-state index is 10.7. The highest BCUT2D eigenvalue weighted by Gasteiger charge is 2.24. The predicted molar refractivity (Wildman–Crippen MR) is 64.2 cm³/mol. The van der Waals surface area contributed by atoms with Crippen LogP contribution < -0.4 is 5.73 Å². The quantitative estimate of drug-likeness (QED) is 0.787. The first-order valence-electron chi connectivity index (χ1n) is 4.77. The number of carbonyl (C=O) groups is 1. The van der Waals surface area contributed by atoms with Crippen LogP contribution in [0.4, 0.5) is 0 Å². The average molecular weight is 288 g/mol. The number of carboxylic acid groups (broad SMARTS) is 1. The first-order valence-corrected chi connectivity index (χ1v) is 5.57. The lowest BCUT2D eigenvalue weighted by molar-refractivity contribution is -0.141. The molecule has 0 radical (unpaired) electrons. The van der Waals surface area contributed by atoms with E-state index in [1.807, 2.05) is 13.8 Å². The molecule has 2 atom stereocenters. The van der Waals surface area contributed by atoms with Crippen LogP contribution in [0.25, 0.3) is 0 Å². The Morgan fingerprint density at radius 2 is 1.81 bits per heavy atom. The van der Waals surface area contributed by atoms with E-state index in [0.717, 1.165) is 15.6 Å². The van der Waals surface area contributed by atoms with Gasteiger partial charge in [0.25, 0.3) is 0 Å². The average Bonchev–Trinajstić information content (AvgIpc) is 2.22. The number of hydrogen-bond acceptors (Lipinski definition) is 3. The molecule has 1 aromatic carbocycles. The van der Waals surface area contributed by atoms with Crippen LogP contribution >= 0.6 is 15.9 Å². The van der Waals surface area contributed by atoms with E-state index in [1.165, 1.54) is 0 Å². The molecule has 0 aliphatic rings. The lowest BCUT2D eigenvalue weighted by Crippen LogP contribution is -2.36. The summed E-state index contributed by atoms with van der Waals surface area (Å²) in [5.41, 5.74) is 7.76. The minimum atomic E-state index is -1.31. The zero-order chi connectivity index (χ0) is 12.5. The van der Waals surface area contributed by atoms with Crippen LogP contribution in [-0.2, 0) is 4.79 Å². The number of aliphatic hydroxyl groups is 1. The smallest absolute Gasteiger partial charge is 0.323 e. The molecule has 0 aromatic heterocycles. The van der Waals surface area contributed by atoms with Gasteiger partial charge in [0, 0.05) is 4.47 Å². The van der Waals surface area contributed by atoms with Gasteiger partial charge in [-0.2, -0.15) is 0 Å². The van der Waals surface area contributed by atoms with E-state index in [0.29, 0.717) is 5.56 Å². The van der Waals surface area contributed by atoms with Crippen molar-refractivity contribution < 1.29 is 15.0 Å². The molecule has 0 fully saturated rings. The second kappa shape index (κ2) is 4.95. The Labute approximate surface area is 102 Å². The Hall–Kier alpha value is -0.910. The number of benzene rings is 1. The summed E-state index contributed by atoms with van der Waals surface area (Å²) in [6, 6.07) is 2.15. The molecule has 1 rings (SSSR count). The molecule has 2 unspecified atom stereocenters. The molecule has 0 amide bonds. The summed E-state index contributed by atoms with van der Waals surface area (Å²) < 4.78 is 0.951. The van der Waals surface area contributed by atoms with Gasteiger partial charge in [-0.3, -0.25) is 4.79 Å². The molecule has 1 aromatic rings. The molecule has 0 saturated carbocycles. The summed E-state index contributed by atoms with van der Waals surface area (Å²) in [4.78, 5) is 10.7. The molecular weight excluding hydrogens is 274 g/mol. The minimum absolute atomic E-state index is 0.521. The number of rotatable bonds is 3. The van der Waals surface area contributed by atoms with Crippen LogP contribution in [-0.4, -0.2) is 22.2 Å². The third-order valence-electron chi connectivity index (χ3n) is 2.43. The fourth-order valence-electron chi connectivity index (χ4n) is 1.49. The molecule has 5 heteroatoms. The van der Waals surface area contributed by atoms with Crippen molar-refractivity contribution in [1.82, 2.24) is 0 Å². The Balaban J connectivity index is 3.10. The molecule has 16 heavy (non-hydrogen) atoms. The number of aliphatic hydroxyl groups excluding tert-OH is 1. The second-order valence-corrected chi connectivity index (χ2v) is 4.57. The van der Waals surface area contributed by atoms with Gasteiger partial charge in [0.2, 0.25) is 0 Å². The van der Waals surface area contributed by atoms with Crippen LogP contribution in [0.15, 0.2) is 16.6 Å². The molecular formula is C11H14BrNO3. The van der Waals surface area contributed by atoms with Gasteiger partial charge in [-0.15, -0.1) is 0 Å². The summed E-state index contributed by atoms with van der Waals surface area (Å²) in [6.45, 7) is 3.75. The van der Waals surface area contributed by atoms with E-state index in [-0.39, 0.29) is 0 Å². The lowest BCUT2D eigenvalue weighted by Gasteiger charge is -2.17. The van der Waals surface area contributed by atoms with E-state index in [4.69, 9.17) is 10.8 Å². The van der Waals surface area contributed by atoms with Crippen LogP contribution in [0.2, 0.25) is 0 Å². The maximum absolute atomic E-state index is 10.7. The Kier molecular flexibility index (Phi) is 4.07. The molecule has 0 aliphatic carbocycles. The fourth-order valence-corrected chi connectivity index (χ4v) is 1.72. The van der Waals surface area contributed by atoms with E-state index < -0.39 is 18.1 Å². The number of carboxylic acids is 1. The monoisotopic (exact) mass is 287 g/mol. The van der Waals surface area contributed by atoms with Crippen molar-refractivity contribution in [2.45, 2.75) is 26.0 Å². The molecule has 0 spiro atoms. The number of halogens is 1. The Bertz CT molecular complexity index is 397. The van der Waals surface area contributed by atoms with Crippen molar-refractivity contribution in [2.24, 2.45) is 5.73 Å². The van der Waals surface area contributed by atoms with Gasteiger partial charge in [-0.05, 0) is 30.5 Å². The van der Waals surface area contributed by atoms with Crippen molar-refractivity contribution in [2.75, 3.05) is 0 Å². The first kappa shape index (κ1) is 13.2. The lowest BCUT2D eigenvalue weighted by atomic mass is 9.99. The zero-order valence-corrected chi connectivity index (χ0v) is 10.7. The van der Waals surface area contributed by atoms with Crippen molar-refractivity contribution in [3.8, 4) is 0 Å². The summed E-state index contributed by atoms with van der Waals surface area (Å²) in [7, 11) is 0. The number of hydrogen-bond donors (Lipinski definition) is 3. The van der Waals surface area contributed by atoms with Gasteiger partial charge < -0.3 is 15.9 Å². The number of aliphatic carboxylic acids is 1. The molecule has 4 N–H and O–H groups in total. The molecule has 0 aliphatic heterocycles. The summed E-state index contributed by atoms with van der Waals surface area (Å²) in [6.07, 6.45) is -1.19. The van der Waals surface area contributed by atoms with Crippen molar-refractivity contribution in [3.05, 3.63) is 33.3 Å². The van der Waals surface area contributed by atoms with Gasteiger partial charge in [0.1, 0.15) is 12.1 Å². The van der Waals surface area contributed by atoms with Crippen molar-refractivity contribution in [1.29, 1.82) is 0 Å². The molecule has 0 heterocycles. The Morgan fingerprint density at radius 3 is 2.19 bits per heavy atom. The topological polar surface area (TPSA) is 83.5 Å². The van der Waals surface area contributed by atoms with Gasteiger partial charge >= 0.3 is 5.97 Å². The van der Waals surface area contributed by atoms with Crippen LogP contribution in [0, 0.1) is 13.8 Å². The largest absolute Gasteiger partial charge is 0.480 e. The SMILES string of the molecule is Cc1cc(C(O)C(N)C(=O)O)cc(C)c1Br. The van der Waals surface area contributed by atoms with Crippen molar-refractivity contribution >= 4 is 21.9 Å². The zero-order valence-electron chi connectivity index (χ0n) is 9.07. The highest BCUT2D eigenvalue weighted by Crippen LogP contribution is 2.26. The van der Waals surface area contributed by atoms with Gasteiger partial charge in [0.15, 0.2) is 0 Å². The third kappa shape index (κ3) is 2.61. The van der Waals surface area contributed by atoms with Gasteiger partial charge in [-0.1, -0.05) is 28.1 Å². The van der Waals surface area contributed by atoms with Crippen LogP contribution in [0.1, 0.15) is 22.8 Å². The number of aryl methyl sites for hydroxylation is 2. The highest BCUT2D eigenvalue weighted by molar-refractivity contribution is 9.10. The van der Waals surface area contributed by atoms with Crippen LogP contribution in [0.5, 0.6) is 0 Å².